The van der Waals surface area contributed by atoms with Gasteiger partial charge in [0.15, 0.2) is 0 Å². The Balaban J connectivity index is 3.10. The van der Waals surface area contributed by atoms with E-state index < -0.39 is 0 Å². The maximum absolute atomic E-state index is 5.71. The lowest BCUT2D eigenvalue weighted by Gasteiger charge is -2.32. The lowest BCUT2D eigenvalue weighted by molar-refractivity contribution is 0.297. The maximum atomic E-state index is 5.71. The summed E-state index contributed by atoms with van der Waals surface area (Å²) in [6.45, 7) is 7.46. The third-order valence-electron chi connectivity index (χ3n) is 3.02. The summed E-state index contributed by atoms with van der Waals surface area (Å²) in [5, 5.41) is 0. The Labute approximate surface area is 98.8 Å². The Morgan fingerprint density at radius 3 is 2.38 bits per heavy atom. The fourth-order valence-electron chi connectivity index (χ4n) is 2.18. The summed E-state index contributed by atoms with van der Waals surface area (Å²) in [5.41, 5.74) is 7.18. The standard InChI is InChI=1S/C14H23NO/c1-14(2,3)12(9-10-15)11-7-5-6-8-13(11)16-4/h5-8,12H,9-10,15H2,1-4H3. The molecule has 0 saturated carbocycles. The van der Waals surface area contributed by atoms with Crippen LogP contribution in [0.5, 0.6) is 5.75 Å². The van der Waals surface area contributed by atoms with Gasteiger partial charge in [0.25, 0.3) is 0 Å². The molecule has 2 nitrogen and oxygen atoms in total. The van der Waals surface area contributed by atoms with Gasteiger partial charge in [0.05, 0.1) is 7.11 Å². The molecule has 1 aromatic rings. The molecular weight excluding hydrogens is 198 g/mol. The van der Waals surface area contributed by atoms with Crippen LogP contribution in [0.25, 0.3) is 0 Å². The van der Waals surface area contributed by atoms with Crippen molar-refractivity contribution < 1.29 is 4.74 Å². The molecule has 0 radical (unpaired) electrons. The molecule has 1 rings (SSSR count). The first-order valence-electron chi connectivity index (χ1n) is 5.83. The molecule has 0 heterocycles. The molecule has 0 fully saturated rings. The average molecular weight is 221 g/mol. The fourth-order valence-corrected chi connectivity index (χ4v) is 2.18. The normalized spacial score (nSPS) is 13.6. The van der Waals surface area contributed by atoms with Crippen molar-refractivity contribution in [1.82, 2.24) is 0 Å². The number of benzene rings is 1. The van der Waals surface area contributed by atoms with Gasteiger partial charge in [0, 0.05) is 0 Å². The van der Waals surface area contributed by atoms with Crippen LogP contribution in [0.3, 0.4) is 0 Å². The lowest BCUT2D eigenvalue weighted by atomic mass is 9.74. The molecule has 0 aliphatic carbocycles. The average Bonchev–Trinajstić information content (AvgIpc) is 2.24. The van der Waals surface area contributed by atoms with Gasteiger partial charge in [-0.1, -0.05) is 39.0 Å². The molecule has 2 N–H and O–H groups in total. The number of methoxy groups -OCH3 is 1. The molecule has 0 aliphatic heterocycles. The highest BCUT2D eigenvalue weighted by atomic mass is 16.5. The number of hydrogen-bond donors (Lipinski definition) is 1. The summed E-state index contributed by atoms with van der Waals surface area (Å²) in [4.78, 5) is 0. The highest BCUT2D eigenvalue weighted by Crippen LogP contribution is 2.41. The van der Waals surface area contributed by atoms with E-state index in [1.54, 1.807) is 7.11 Å². The number of rotatable bonds is 4. The molecule has 1 aromatic carbocycles. The van der Waals surface area contributed by atoms with Crippen molar-refractivity contribution in [3.8, 4) is 5.75 Å². The molecule has 0 aromatic heterocycles. The number of hydrogen-bond acceptors (Lipinski definition) is 2. The van der Waals surface area contributed by atoms with Crippen LogP contribution >= 0.6 is 0 Å². The van der Waals surface area contributed by atoms with Gasteiger partial charge in [-0.3, -0.25) is 0 Å². The van der Waals surface area contributed by atoms with E-state index in [-0.39, 0.29) is 5.41 Å². The fraction of sp³-hybridized carbons (Fsp3) is 0.571. The summed E-state index contributed by atoms with van der Waals surface area (Å²) >= 11 is 0. The predicted molar refractivity (Wildman–Crippen MR) is 68.9 cm³/mol. The van der Waals surface area contributed by atoms with Crippen LogP contribution in [0.15, 0.2) is 24.3 Å². The van der Waals surface area contributed by atoms with Crippen molar-refractivity contribution >= 4 is 0 Å². The molecular formula is C14H23NO. The van der Waals surface area contributed by atoms with E-state index >= 15 is 0 Å². The van der Waals surface area contributed by atoms with E-state index in [1.165, 1.54) is 5.56 Å². The number of para-hydroxylation sites is 1. The second-order valence-electron chi connectivity index (χ2n) is 5.24. The molecule has 0 amide bonds. The van der Waals surface area contributed by atoms with Gasteiger partial charge in [-0.25, -0.2) is 0 Å². The zero-order valence-electron chi connectivity index (χ0n) is 10.8. The maximum Gasteiger partial charge on any atom is 0.122 e. The van der Waals surface area contributed by atoms with Crippen molar-refractivity contribution in [2.24, 2.45) is 11.1 Å². The zero-order valence-corrected chi connectivity index (χ0v) is 10.8. The van der Waals surface area contributed by atoms with E-state index in [0.29, 0.717) is 12.5 Å². The van der Waals surface area contributed by atoms with Gasteiger partial charge >= 0.3 is 0 Å². The summed E-state index contributed by atoms with van der Waals surface area (Å²) < 4.78 is 5.43. The second-order valence-corrected chi connectivity index (χ2v) is 5.24. The minimum absolute atomic E-state index is 0.202. The molecule has 0 bridgehead atoms. The van der Waals surface area contributed by atoms with Crippen LogP contribution in [0.1, 0.15) is 38.7 Å². The SMILES string of the molecule is COc1ccccc1C(CCN)C(C)(C)C. The van der Waals surface area contributed by atoms with Crippen LogP contribution in [-0.2, 0) is 0 Å². The Kier molecular flexibility index (Phi) is 4.36. The summed E-state index contributed by atoms with van der Waals surface area (Å²) in [5.74, 6) is 1.41. The van der Waals surface area contributed by atoms with Crippen LogP contribution in [0, 0.1) is 5.41 Å². The van der Waals surface area contributed by atoms with Crippen molar-refractivity contribution in [1.29, 1.82) is 0 Å². The van der Waals surface area contributed by atoms with Crippen molar-refractivity contribution in [2.75, 3.05) is 13.7 Å². The third kappa shape index (κ3) is 2.99. The predicted octanol–water partition coefficient (Wildman–Crippen LogP) is 3.17. The lowest BCUT2D eigenvalue weighted by Crippen LogP contribution is -2.22. The van der Waals surface area contributed by atoms with E-state index in [1.807, 2.05) is 12.1 Å². The van der Waals surface area contributed by atoms with Crippen molar-refractivity contribution in [3.63, 3.8) is 0 Å². The minimum Gasteiger partial charge on any atom is -0.496 e. The molecule has 16 heavy (non-hydrogen) atoms. The second kappa shape index (κ2) is 5.35. The first-order chi connectivity index (χ1) is 7.50. The molecule has 2 heteroatoms. The van der Waals surface area contributed by atoms with E-state index in [0.717, 1.165) is 12.2 Å². The number of ether oxygens (including phenoxy) is 1. The zero-order chi connectivity index (χ0) is 12.2. The molecule has 90 valence electrons. The Morgan fingerprint density at radius 2 is 1.88 bits per heavy atom. The van der Waals surface area contributed by atoms with Gasteiger partial charge in [-0.05, 0) is 35.9 Å². The summed E-state index contributed by atoms with van der Waals surface area (Å²) in [6, 6.07) is 8.23. The monoisotopic (exact) mass is 221 g/mol. The quantitative estimate of drug-likeness (QED) is 0.847. The molecule has 1 atom stereocenters. The molecule has 1 unspecified atom stereocenters. The number of nitrogens with two attached hydrogens (primary N) is 1. The summed E-state index contributed by atoms with van der Waals surface area (Å²) in [7, 11) is 1.72. The Bertz CT molecular complexity index is 328. The van der Waals surface area contributed by atoms with Crippen LogP contribution in [-0.4, -0.2) is 13.7 Å². The molecule has 0 aliphatic rings. The molecule has 0 spiro atoms. The van der Waals surface area contributed by atoms with Crippen molar-refractivity contribution in [3.05, 3.63) is 29.8 Å². The smallest absolute Gasteiger partial charge is 0.122 e. The highest BCUT2D eigenvalue weighted by Gasteiger charge is 2.27. The van der Waals surface area contributed by atoms with Gasteiger partial charge < -0.3 is 10.5 Å². The Morgan fingerprint density at radius 1 is 1.25 bits per heavy atom. The van der Waals surface area contributed by atoms with E-state index in [2.05, 4.69) is 32.9 Å². The van der Waals surface area contributed by atoms with Crippen LogP contribution in [0.4, 0.5) is 0 Å². The van der Waals surface area contributed by atoms with Crippen molar-refractivity contribution in [2.45, 2.75) is 33.1 Å². The summed E-state index contributed by atoms with van der Waals surface area (Å²) in [6.07, 6.45) is 0.990. The molecule has 0 saturated heterocycles. The van der Waals surface area contributed by atoms with Gasteiger partial charge in [0.2, 0.25) is 0 Å². The topological polar surface area (TPSA) is 35.2 Å². The van der Waals surface area contributed by atoms with Gasteiger partial charge in [-0.15, -0.1) is 0 Å². The van der Waals surface area contributed by atoms with Gasteiger partial charge in [-0.2, -0.15) is 0 Å². The first-order valence-corrected chi connectivity index (χ1v) is 5.83. The van der Waals surface area contributed by atoms with E-state index in [4.69, 9.17) is 10.5 Å². The third-order valence-corrected chi connectivity index (χ3v) is 3.02. The van der Waals surface area contributed by atoms with Gasteiger partial charge in [0.1, 0.15) is 5.75 Å². The Hall–Kier alpha value is -1.02. The minimum atomic E-state index is 0.202. The van der Waals surface area contributed by atoms with E-state index in [9.17, 15) is 0 Å². The first kappa shape index (κ1) is 13.0. The highest BCUT2D eigenvalue weighted by molar-refractivity contribution is 5.37. The van der Waals surface area contributed by atoms with Crippen LogP contribution in [0.2, 0.25) is 0 Å². The van der Waals surface area contributed by atoms with Crippen LogP contribution < -0.4 is 10.5 Å². The largest absolute Gasteiger partial charge is 0.496 e.